The van der Waals surface area contributed by atoms with Crippen molar-refractivity contribution in [3.05, 3.63) is 29.8 Å². The molecule has 0 unspecified atom stereocenters. The maximum Gasteiger partial charge on any atom is 0.276 e. The quantitative estimate of drug-likeness (QED) is 0.579. The minimum atomic E-state index is -0.0244. The summed E-state index contributed by atoms with van der Waals surface area (Å²) in [5.74, 6) is -0.0244. The number of carbonyl (C=O) groups excluding carboxylic acids is 1. The molecule has 1 aromatic rings. The lowest BCUT2D eigenvalue weighted by molar-refractivity contribution is -0.111. The number of hydrogen-bond donors (Lipinski definition) is 0. The van der Waals surface area contributed by atoms with Gasteiger partial charge in [0.15, 0.2) is 0 Å². The van der Waals surface area contributed by atoms with Gasteiger partial charge in [-0.25, -0.2) is 0 Å². The van der Waals surface area contributed by atoms with Gasteiger partial charge in [0.1, 0.15) is 5.71 Å². The number of amides is 1. The van der Waals surface area contributed by atoms with E-state index in [4.69, 9.17) is 0 Å². The van der Waals surface area contributed by atoms with Gasteiger partial charge in [0, 0.05) is 19.7 Å². The van der Waals surface area contributed by atoms with Crippen LogP contribution < -0.4 is 4.90 Å². The number of likely N-dealkylation sites (N-methyl/N-ethyl adjacent to an activating group) is 1. The number of anilines is 1. The lowest BCUT2D eigenvalue weighted by Gasteiger charge is -2.07. The Hall–Kier alpha value is -1.64. The summed E-state index contributed by atoms with van der Waals surface area (Å²) in [6.07, 6.45) is 0. The van der Waals surface area contributed by atoms with Crippen LogP contribution in [-0.4, -0.2) is 25.7 Å². The van der Waals surface area contributed by atoms with Gasteiger partial charge in [0.05, 0.1) is 5.69 Å². The van der Waals surface area contributed by atoms with Crippen LogP contribution in [0, 0.1) is 0 Å². The van der Waals surface area contributed by atoms with Gasteiger partial charge in [-0.1, -0.05) is 18.2 Å². The van der Waals surface area contributed by atoms with Crippen LogP contribution in [0.15, 0.2) is 29.3 Å². The van der Waals surface area contributed by atoms with E-state index in [0.29, 0.717) is 5.71 Å². The van der Waals surface area contributed by atoms with Gasteiger partial charge in [-0.05, 0) is 6.07 Å². The molecule has 0 atom stereocenters. The van der Waals surface area contributed by atoms with E-state index in [0.717, 1.165) is 11.3 Å². The second kappa shape index (κ2) is 2.69. The van der Waals surface area contributed by atoms with Crippen LogP contribution in [0.25, 0.3) is 0 Å². The van der Waals surface area contributed by atoms with E-state index >= 15 is 0 Å². The summed E-state index contributed by atoms with van der Waals surface area (Å²) in [5.41, 5.74) is 2.42. The van der Waals surface area contributed by atoms with Gasteiger partial charge in [0.25, 0.3) is 5.91 Å². The third-order valence-corrected chi connectivity index (χ3v) is 2.25. The summed E-state index contributed by atoms with van der Waals surface area (Å²) in [4.78, 5) is 17.2. The Balaban J connectivity index is 2.67. The molecular weight excluding hydrogens is 164 g/mol. The summed E-state index contributed by atoms with van der Waals surface area (Å²) in [6, 6.07) is 7.67. The summed E-state index contributed by atoms with van der Waals surface area (Å²) in [7, 11) is 3.41. The predicted octanol–water partition coefficient (Wildman–Crippen LogP) is 1.08. The summed E-state index contributed by atoms with van der Waals surface area (Å²) < 4.78 is 0. The summed E-state index contributed by atoms with van der Waals surface area (Å²) in [5, 5.41) is 0. The van der Waals surface area contributed by atoms with Crippen LogP contribution in [0.2, 0.25) is 0 Å². The molecule has 1 aromatic carbocycles. The first-order valence-corrected chi connectivity index (χ1v) is 4.10. The van der Waals surface area contributed by atoms with Gasteiger partial charge in [-0.15, -0.1) is 0 Å². The molecule has 0 N–H and O–H groups in total. The van der Waals surface area contributed by atoms with Crippen molar-refractivity contribution in [2.24, 2.45) is 4.99 Å². The Morgan fingerprint density at radius 3 is 2.69 bits per heavy atom. The molecule has 3 nitrogen and oxygen atoms in total. The van der Waals surface area contributed by atoms with Crippen molar-refractivity contribution in [3.8, 4) is 0 Å². The van der Waals surface area contributed by atoms with E-state index in [1.807, 2.05) is 24.3 Å². The number of carbonyl (C=O) groups is 1. The Morgan fingerprint density at radius 2 is 2.00 bits per heavy atom. The van der Waals surface area contributed by atoms with Crippen molar-refractivity contribution in [2.75, 3.05) is 19.0 Å². The molecule has 1 amide bonds. The maximum atomic E-state index is 11.6. The lowest BCUT2D eigenvalue weighted by atomic mass is 10.1. The van der Waals surface area contributed by atoms with E-state index in [9.17, 15) is 4.79 Å². The topological polar surface area (TPSA) is 32.7 Å². The molecule has 0 radical (unpaired) electrons. The van der Waals surface area contributed by atoms with Crippen LogP contribution in [0.3, 0.4) is 0 Å². The molecular formula is C10H10N2O. The Labute approximate surface area is 76.7 Å². The minimum Gasteiger partial charge on any atom is -0.309 e. The number of rotatable bonds is 0. The zero-order valence-electron chi connectivity index (χ0n) is 7.61. The first kappa shape index (κ1) is 7.98. The van der Waals surface area contributed by atoms with Gasteiger partial charge in [-0.3, -0.25) is 9.79 Å². The molecule has 66 valence electrons. The Morgan fingerprint density at radius 1 is 1.31 bits per heavy atom. The highest BCUT2D eigenvalue weighted by Crippen LogP contribution is 2.27. The second-order valence-corrected chi connectivity index (χ2v) is 2.95. The highest BCUT2D eigenvalue weighted by molar-refractivity contribution is 6.54. The maximum absolute atomic E-state index is 11.6. The molecule has 0 aliphatic carbocycles. The first-order valence-electron chi connectivity index (χ1n) is 4.10. The van der Waals surface area contributed by atoms with E-state index in [2.05, 4.69) is 4.99 Å². The van der Waals surface area contributed by atoms with E-state index < -0.39 is 0 Å². The first-order chi connectivity index (χ1) is 6.25. The molecule has 2 rings (SSSR count). The van der Waals surface area contributed by atoms with Crippen molar-refractivity contribution in [1.82, 2.24) is 0 Å². The monoisotopic (exact) mass is 174 g/mol. The van der Waals surface area contributed by atoms with Crippen LogP contribution >= 0.6 is 0 Å². The molecule has 1 aliphatic heterocycles. The SMILES string of the molecule is C/N=C1/C(=O)N(C)c2ccccc21. The molecule has 0 bridgehead atoms. The van der Waals surface area contributed by atoms with E-state index in [1.165, 1.54) is 0 Å². The average Bonchev–Trinajstić information content (AvgIpc) is 2.41. The predicted molar refractivity (Wildman–Crippen MR) is 52.3 cm³/mol. The highest BCUT2D eigenvalue weighted by Gasteiger charge is 2.29. The van der Waals surface area contributed by atoms with E-state index in [1.54, 1.807) is 19.0 Å². The molecule has 13 heavy (non-hydrogen) atoms. The summed E-state index contributed by atoms with van der Waals surface area (Å²) >= 11 is 0. The summed E-state index contributed by atoms with van der Waals surface area (Å²) in [6.45, 7) is 0. The van der Waals surface area contributed by atoms with Crippen molar-refractivity contribution >= 4 is 17.3 Å². The Bertz CT molecular complexity index is 396. The number of benzene rings is 1. The van der Waals surface area contributed by atoms with Crippen LogP contribution in [0.4, 0.5) is 5.69 Å². The Kier molecular flexibility index (Phi) is 1.65. The number of fused-ring (bicyclic) bond motifs is 1. The highest BCUT2D eigenvalue weighted by atomic mass is 16.2. The number of aliphatic imine (C=N–C) groups is 1. The number of nitrogens with zero attached hydrogens (tertiary/aromatic N) is 2. The molecule has 3 heteroatoms. The fourth-order valence-corrected chi connectivity index (χ4v) is 1.57. The molecule has 0 fully saturated rings. The number of hydrogen-bond acceptors (Lipinski definition) is 2. The minimum absolute atomic E-state index is 0.0244. The van der Waals surface area contributed by atoms with Crippen molar-refractivity contribution in [2.45, 2.75) is 0 Å². The second-order valence-electron chi connectivity index (χ2n) is 2.95. The zero-order valence-corrected chi connectivity index (χ0v) is 7.61. The molecule has 1 aliphatic rings. The van der Waals surface area contributed by atoms with Crippen molar-refractivity contribution < 1.29 is 4.79 Å². The lowest BCUT2D eigenvalue weighted by Crippen LogP contribution is -2.25. The normalized spacial score (nSPS) is 18.2. The number of para-hydroxylation sites is 1. The third kappa shape index (κ3) is 0.967. The zero-order chi connectivity index (χ0) is 9.42. The molecule has 0 saturated heterocycles. The van der Waals surface area contributed by atoms with Crippen molar-refractivity contribution in [3.63, 3.8) is 0 Å². The van der Waals surface area contributed by atoms with E-state index in [-0.39, 0.29) is 5.91 Å². The standard InChI is InChI=1S/C10H10N2O/c1-11-9-7-5-3-4-6-8(7)12(2)10(9)13/h3-6H,1-2H3/b11-9+. The van der Waals surface area contributed by atoms with Gasteiger partial charge in [0.2, 0.25) is 0 Å². The molecule has 0 spiro atoms. The average molecular weight is 174 g/mol. The van der Waals surface area contributed by atoms with Crippen LogP contribution in [0.5, 0.6) is 0 Å². The fourth-order valence-electron chi connectivity index (χ4n) is 1.57. The van der Waals surface area contributed by atoms with Gasteiger partial charge >= 0.3 is 0 Å². The van der Waals surface area contributed by atoms with Crippen molar-refractivity contribution in [1.29, 1.82) is 0 Å². The molecule has 1 heterocycles. The van der Waals surface area contributed by atoms with Crippen LogP contribution in [-0.2, 0) is 4.79 Å². The smallest absolute Gasteiger partial charge is 0.276 e. The van der Waals surface area contributed by atoms with Crippen LogP contribution in [0.1, 0.15) is 5.56 Å². The van der Waals surface area contributed by atoms with Gasteiger partial charge < -0.3 is 4.90 Å². The molecule has 0 aromatic heterocycles. The molecule has 0 saturated carbocycles. The fraction of sp³-hybridized carbons (Fsp3) is 0.200. The largest absolute Gasteiger partial charge is 0.309 e. The van der Waals surface area contributed by atoms with Gasteiger partial charge in [-0.2, -0.15) is 0 Å². The third-order valence-electron chi connectivity index (χ3n) is 2.25.